The molecular formula is C18H23ClN2O2. The number of halogens is 1. The summed E-state index contributed by atoms with van der Waals surface area (Å²) in [6.07, 6.45) is 8.17. The lowest BCUT2D eigenvalue weighted by Gasteiger charge is -2.19. The van der Waals surface area contributed by atoms with E-state index in [4.69, 9.17) is 22.1 Å². The molecule has 1 aliphatic rings. The quantitative estimate of drug-likeness (QED) is 0.768. The Labute approximate surface area is 142 Å². The second-order valence-corrected chi connectivity index (χ2v) is 6.24. The van der Waals surface area contributed by atoms with Crippen molar-refractivity contribution in [3.8, 4) is 0 Å². The number of allylic oxidation sites excluding steroid dienone is 1. The number of nitrogens with two attached hydrogens (primary N) is 1. The van der Waals surface area contributed by atoms with Crippen LogP contribution in [-0.4, -0.2) is 24.6 Å². The van der Waals surface area contributed by atoms with Gasteiger partial charge in [-0.15, -0.1) is 0 Å². The number of amides is 1. The van der Waals surface area contributed by atoms with Crippen molar-refractivity contribution in [3.63, 3.8) is 0 Å². The van der Waals surface area contributed by atoms with Gasteiger partial charge in [-0.1, -0.05) is 47.5 Å². The molecule has 23 heavy (non-hydrogen) atoms. The number of hydrogen-bond donors (Lipinski definition) is 2. The van der Waals surface area contributed by atoms with Crippen LogP contribution in [0.2, 0.25) is 5.02 Å². The minimum atomic E-state index is -0.334. The Kier molecular flexibility index (Phi) is 6.84. The third kappa shape index (κ3) is 6.57. The molecular weight excluding hydrogens is 312 g/mol. The first-order valence-corrected chi connectivity index (χ1v) is 8.15. The number of hydrogen-bond acceptors (Lipinski definition) is 3. The molecule has 0 fully saturated rings. The number of carbonyl (C=O) groups is 1. The first kappa shape index (κ1) is 17.7. The summed E-state index contributed by atoms with van der Waals surface area (Å²) in [5.74, 6) is -0.334. The van der Waals surface area contributed by atoms with Crippen molar-refractivity contribution >= 4 is 17.5 Å². The number of primary amides is 1. The summed E-state index contributed by atoms with van der Waals surface area (Å²) >= 11 is 5.97. The minimum Gasteiger partial charge on any atom is -0.369 e. The molecule has 0 bridgehead atoms. The van der Waals surface area contributed by atoms with Crippen molar-refractivity contribution in [2.75, 3.05) is 6.54 Å². The molecule has 1 aromatic rings. The van der Waals surface area contributed by atoms with Crippen LogP contribution in [0.3, 0.4) is 0 Å². The molecule has 1 aromatic carbocycles. The number of nitrogens with one attached hydrogen (secondary N) is 1. The first-order chi connectivity index (χ1) is 11.0. The number of carbonyl (C=O) groups excluding carboxylic acids is 1. The van der Waals surface area contributed by atoms with Crippen LogP contribution in [0.4, 0.5) is 0 Å². The van der Waals surface area contributed by atoms with Crippen molar-refractivity contribution < 1.29 is 9.53 Å². The number of ether oxygens (including phenoxy) is 1. The van der Waals surface area contributed by atoms with Gasteiger partial charge < -0.3 is 15.8 Å². The fourth-order valence-electron chi connectivity index (χ4n) is 2.45. The van der Waals surface area contributed by atoms with Gasteiger partial charge in [0.25, 0.3) is 0 Å². The minimum absolute atomic E-state index is 0.0895. The van der Waals surface area contributed by atoms with E-state index in [1.807, 2.05) is 31.2 Å². The van der Waals surface area contributed by atoms with Gasteiger partial charge in [0.2, 0.25) is 5.91 Å². The summed E-state index contributed by atoms with van der Waals surface area (Å²) in [5.41, 5.74) is 7.45. The van der Waals surface area contributed by atoms with E-state index >= 15 is 0 Å². The van der Waals surface area contributed by atoms with Crippen molar-refractivity contribution in [2.24, 2.45) is 5.73 Å². The van der Waals surface area contributed by atoms with Gasteiger partial charge in [0.05, 0.1) is 19.3 Å². The molecule has 2 rings (SSSR count). The maximum absolute atomic E-state index is 10.8. The van der Waals surface area contributed by atoms with Gasteiger partial charge in [-0.2, -0.15) is 0 Å². The lowest BCUT2D eigenvalue weighted by molar-refractivity contribution is -0.117. The molecule has 0 aliphatic heterocycles. The van der Waals surface area contributed by atoms with Crippen LogP contribution in [0.5, 0.6) is 0 Å². The van der Waals surface area contributed by atoms with E-state index in [-0.39, 0.29) is 24.6 Å². The fraction of sp³-hybridized carbons (Fsp3) is 0.389. The predicted octanol–water partition coefficient (Wildman–Crippen LogP) is 2.96. The molecule has 124 valence electrons. The molecule has 0 saturated heterocycles. The van der Waals surface area contributed by atoms with Crippen LogP contribution in [-0.2, 0) is 16.1 Å². The van der Waals surface area contributed by atoms with E-state index in [2.05, 4.69) is 23.5 Å². The summed E-state index contributed by atoms with van der Waals surface area (Å²) in [6.45, 7) is 2.80. The van der Waals surface area contributed by atoms with E-state index in [1.165, 1.54) is 5.57 Å². The van der Waals surface area contributed by atoms with E-state index in [1.54, 1.807) is 0 Å². The standard InChI is InChI=1S/C18H23ClN2O2/c1-13(21-11-18(20)22)9-14-5-7-17(8-6-14)23-12-15-3-2-4-16(19)10-15/h2-7,10,13,17,21H,8-9,11-12H2,1H3,(H2,20,22)/t13-,17?/m1/s1. The Morgan fingerprint density at radius 1 is 1.52 bits per heavy atom. The molecule has 0 aromatic heterocycles. The average molecular weight is 335 g/mol. The lowest BCUT2D eigenvalue weighted by atomic mass is 9.99. The molecule has 0 spiro atoms. The van der Waals surface area contributed by atoms with Gasteiger partial charge in [0, 0.05) is 11.1 Å². The van der Waals surface area contributed by atoms with Crippen LogP contribution in [0.1, 0.15) is 25.3 Å². The number of benzene rings is 1. The topological polar surface area (TPSA) is 64.3 Å². The SMILES string of the molecule is C[C@H](CC1=CCC(OCc2cccc(Cl)c2)C=C1)NCC(N)=O. The Morgan fingerprint density at radius 2 is 2.35 bits per heavy atom. The largest absolute Gasteiger partial charge is 0.369 e. The highest BCUT2D eigenvalue weighted by molar-refractivity contribution is 6.30. The van der Waals surface area contributed by atoms with E-state index in [0.29, 0.717) is 6.61 Å². The van der Waals surface area contributed by atoms with Crippen molar-refractivity contribution in [2.45, 2.75) is 38.5 Å². The van der Waals surface area contributed by atoms with Crippen molar-refractivity contribution in [1.82, 2.24) is 5.32 Å². The Morgan fingerprint density at radius 3 is 3.00 bits per heavy atom. The van der Waals surface area contributed by atoms with Crippen molar-refractivity contribution in [3.05, 3.63) is 58.7 Å². The van der Waals surface area contributed by atoms with Crippen molar-refractivity contribution in [1.29, 1.82) is 0 Å². The molecule has 1 amide bonds. The predicted molar refractivity (Wildman–Crippen MR) is 93.1 cm³/mol. The monoisotopic (exact) mass is 334 g/mol. The van der Waals surface area contributed by atoms with Gasteiger partial charge >= 0.3 is 0 Å². The summed E-state index contributed by atoms with van der Waals surface area (Å²) in [6, 6.07) is 7.92. The maximum atomic E-state index is 10.8. The molecule has 4 nitrogen and oxygen atoms in total. The molecule has 0 heterocycles. The van der Waals surface area contributed by atoms with Crippen LogP contribution < -0.4 is 11.1 Å². The average Bonchev–Trinajstić information content (AvgIpc) is 2.52. The molecule has 0 radical (unpaired) electrons. The zero-order valence-electron chi connectivity index (χ0n) is 13.3. The van der Waals surface area contributed by atoms with E-state index < -0.39 is 0 Å². The third-order valence-electron chi connectivity index (χ3n) is 3.66. The zero-order chi connectivity index (χ0) is 16.7. The molecule has 3 N–H and O–H groups in total. The molecule has 2 atom stereocenters. The van der Waals surface area contributed by atoms with Crippen LogP contribution >= 0.6 is 11.6 Å². The molecule has 0 saturated carbocycles. The van der Waals surface area contributed by atoms with Crippen LogP contribution in [0.15, 0.2) is 48.1 Å². The second-order valence-electron chi connectivity index (χ2n) is 5.81. The van der Waals surface area contributed by atoms with Crippen LogP contribution in [0, 0.1) is 0 Å². The Balaban J connectivity index is 1.73. The highest BCUT2D eigenvalue weighted by atomic mass is 35.5. The Bertz CT molecular complexity index is 598. The maximum Gasteiger partial charge on any atom is 0.231 e. The van der Waals surface area contributed by atoms with E-state index in [0.717, 1.165) is 23.4 Å². The van der Waals surface area contributed by atoms with Gasteiger partial charge in [0.15, 0.2) is 0 Å². The lowest BCUT2D eigenvalue weighted by Crippen LogP contribution is -2.35. The smallest absolute Gasteiger partial charge is 0.231 e. The zero-order valence-corrected chi connectivity index (χ0v) is 14.1. The summed E-state index contributed by atoms with van der Waals surface area (Å²) < 4.78 is 5.89. The number of rotatable bonds is 8. The fourth-order valence-corrected chi connectivity index (χ4v) is 2.66. The second kappa shape index (κ2) is 8.87. The summed E-state index contributed by atoms with van der Waals surface area (Å²) in [7, 11) is 0. The van der Waals surface area contributed by atoms with Gasteiger partial charge in [-0.3, -0.25) is 4.79 Å². The van der Waals surface area contributed by atoms with Gasteiger partial charge in [0.1, 0.15) is 0 Å². The summed E-state index contributed by atoms with van der Waals surface area (Å²) in [4.78, 5) is 10.8. The van der Waals surface area contributed by atoms with Crippen LogP contribution in [0.25, 0.3) is 0 Å². The molecule has 5 heteroatoms. The van der Waals surface area contributed by atoms with Gasteiger partial charge in [-0.25, -0.2) is 0 Å². The van der Waals surface area contributed by atoms with E-state index in [9.17, 15) is 4.79 Å². The van der Waals surface area contributed by atoms with Gasteiger partial charge in [-0.05, 0) is 37.5 Å². The highest BCUT2D eigenvalue weighted by Gasteiger charge is 2.12. The summed E-state index contributed by atoms with van der Waals surface area (Å²) in [5, 5.41) is 3.83. The first-order valence-electron chi connectivity index (χ1n) is 7.78. The molecule has 1 aliphatic carbocycles. The third-order valence-corrected chi connectivity index (χ3v) is 3.89. The normalized spacial score (nSPS) is 18.5. The Hall–Kier alpha value is -1.62. The molecule has 1 unspecified atom stereocenters. The highest BCUT2D eigenvalue weighted by Crippen LogP contribution is 2.19.